The third-order valence-corrected chi connectivity index (χ3v) is 3.15. The number of hydrogen-bond acceptors (Lipinski definition) is 2. The molecule has 0 aliphatic heterocycles. The van der Waals surface area contributed by atoms with Gasteiger partial charge in [-0.05, 0) is 39.3 Å². The zero-order valence-electron chi connectivity index (χ0n) is 13.2. The summed E-state index contributed by atoms with van der Waals surface area (Å²) in [5.74, 6) is 5.90. The van der Waals surface area contributed by atoms with Crippen LogP contribution in [0.2, 0.25) is 5.02 Å². The molecule has 0 aliphatic rings. The van der Waals surface area contributed by atoms with Crippen molar-refractivity contribution < 1.29 is 9.53 Å². The van der Waals surface area contributed by atoms with Gasteiger partial charge in [0.05, 0.1) is 5.41 Å². The van der Waals surface area contributed by atoms with Crippen molar-refractivity contribution in [1.29, 1.82) is 0 Å². The molecule has 1 atom stereocenters. The molecule has 0 bridgehead atoms. The van der Waals surface area contributed by atoms with Gasteiger partial charge in [-0.3, -0.25) is 4.79 Å². The maximum Gasteiger partial charge on any atom is 0.312 e. The Morgan fingerprint density at radius 1 is 1.29 bits per heavy atom. The lowest BCUT2D eigenvalue weighted by atomic mass is 9.97. The summed E-state index contributed by atoms with van der Waals surface area (Å²) in [6, 6.07) is 7.25. The van der Waals surface area contributed by atoms with Crippen LogP contribution in [0.15, 0.2) is 24.3 Å². The highest BCUT2D eigenvalue weighted by Crippen LogP contribution is 2.24. The van der Waals surface area contributed by atoms with Crippen molar-refractivity contribution in [1.82, 2.24) is 0 Å². The summed E-state index contributed by atoms with van der Waals surface area (Å²) < 4.78 is 5.57. The van der Waals surface area contributed by atoms with E-state index in [1.165, 1.54) is 0 Å². The number of carbonyl (C=O) groups excluding carboxylic acids is 1. The number of esters is 1. The molecule has 0 aromatic heterocycles. The van der Waals surface area contributed by atoms with Crippen LogP contribution in [0, 0.1) is 17.3 Å². The van der Waals surface area contributed by atoms with Gasteiger partial charge in [-0.25, -0.2) is 0 Å². The number of hydrogen-bond donors (Lipinski definition) is 0. The van der Waals surface area contributed by atoms with E-state index >= 15 is 0 Å². The van der Waals surface area contributed by atoms with E-state index in [1.54, 1.807) is 12.1 Å². The van der Waals surface area contributed by atoms with E-state index in [0.717, 1.165) is 24.8 Å². The summed E-state index contributed by atoms with van der Waals surface area (Å²) in [5, 5.41) is 0.651. The van der Waals surface area contributed by atoms with Crippen molar-refractivity contribution in [2.45, 2.75) is 53.1 Å². The summed E-state index contributed by atoms with van der Waals surface area (Å²) in [5.41, 5.74) is 0.302. The Morgan fingerprint density at radius 2 is 1.90 bits per heavy atom. The molecule has 21 heavy (non-hydrogen) atoms. The zero-order valence-corrected chi connectivity index (χ0v) is 14.0. The second kappa shape index (κ2) is 8.10. The summed E-state index contributed by atoms with van der Waals surface area (Å²) >= 11 is 5.90. The van der Waals surface area contributed by atoms with Gasteiger partial charge < -0.3 is 4.74 Å². The normalized spacial score (nSPS) is 12.2. The minimum absolute atomic E-state index is 0.257. The Morgan fingerprint density at radius 3 is 2.43 bits per heavy atom. The highest BCUT2D eigenvalue weighted by Gasteiger charge is 2.26. The lowest BCUT2D eigenvalue weighted by Crippen LogP contribution is -2.24. The molecule has 0 amide bonds. The standard InChI is InChI=1S/C18H23ClO2/c1-5-6-7-8-9-16(21-17(20)18(2,3)4)14-10-12-15(19)13-11-14/h10-13,16H,5-7H2,1-4H3. The van der Waals surface area contributed by atoms with E-state index in [4.69, 9.17) is 16.3 Å². The van der Waals surface area contributed by atoms with Gasteiger partial charge in [0.1, 0.15) is 0 Å². The SMILES string of the molecule is CCCCC#CC(OC(=O)C(C)(C)C)c1ccc(Cl)cc1. The first-order valence-electron chi connectivity index (χ1n) is 7.29. The number of rotatable bonds is 4. The summed E-state index contributed by atoms with van der Waals surface area (Å²) in [6.07, 6.45) is 2.43. The molecular formula is C18H23ClO2. The molecular weight excluding hydrogens is 284 g/mol. The molecule has 0 radical (unpaired) electrons. The second-order valence-corrected chi connectivity index (χ2v) is 6.45. The van der Waals surface area contributed by atoms with Gasteiger partial charge in [0, 0.05) is 17.0 Å². The van der Waals surface area contributed by atoms with Crippen molar-refractivity contribution in [3.8, 4) is 11.8 Å². The first-order chi connectivity index (χ1) is 9.84. The predicted molar refractivity (Wildman–Crippen MR) is 87.0 cm³/mol. The van der Waals surface area contributed by atoms with E-state index in [0.29, 0.717) is 5.02 Å². The van der Waals surface area contributed by atoms with Gasteiger partial charge in [-0.15, -0.1) is 0 Å². The van der Waals surface area contributed by atoms with E-state index < -0.39 is 11.5 Å². The molecule has 1 aromatic rings. The molecule has 0 saturated heterocycles. The smallest absolute Gasteiger partial charge is 0.312 e. The average Bonchev–Trinajstić information content (AvgIpc) is 2.42. The summed E-state index contributed by atoms with van der Waals surface area (Å²) in [6.45, 7) is 7.62. The third kappa shape index (κ3) is 6.23. The Bertz CT molecular complexity index is 515. The van der Waals surface area contributed by atoms with Gasteiger partial charge in [-0.1, -0.05) is 48.9 Å². The minimum atomic E-state index is -0.546. The van der Waals surface area contributed by atoms with Gasteiger partial charge >= 0.3 is 5.97 Å². The zero-order chi connectivity index (χ0) is 15.9. The van der Waals surface area contributed by atoms with Crippen LogP contribution in [0.3, 0.4) is 0 Å². The van der Waals surface area contributed by atoms with Crippen molar-refractivity contribution in [3.05, 3.63) is 34.9 Å². The molecule has 3 heteroatoms. The number of benzene rings is 1. The van der Waals surface area contributed by atoms with Crippen LogP contribution in [-0.4, -0.2) is 5.97 Å². The van der Waals surface area contributed by atoms with Crippen LogP contribution in [0.4, 0.5) is 0 Å². The Balaban J connectivity index is 2.91. The van der Waals surface area contributed by atoms with Crippen molar-refractivity contribution in [2.75, 3.05) is 0 Å². The Labute approximate surface area is 132 Å². The molecule has 0 heterocycles. The van der Waals surface area contributed by atoms with Gasteiger partial charge in [0.2, 0.25) is 0 Å². The number of ether oxygens (including phenoxy) is 1. The fourth-order valence-corrected chi connectivity index (χ4v) is 1.66. The quantitative estimate of drug-likeness (QED) is 0.436. The van der Waals surface area contributed by atoms with E-state index in [9.17, 15) is 4.79 Å². The molecule has 0 spiro atoms. The predicted octanol–water partition coefficient (Wildman–Crippen LogP) is 5.16. The monoisotopic (exact) mass is 306 g/mol. The highest BCUT2D eigenvalue weighted by molar-refractivity contribution is 6.30. The van der Waals surface area contributed by atoms with Crippen LogP contribution in [0.25, 0.3) is 0 Å². The molecule has 0 aliphatic carbocycles. The topological polar surface area (TPSA) is 26.3 Å². The Kier molecular flexibility index (Phi) is 6.78. The number of halogens is 1. The first kappa shape index (κ1) is 17.6. The molecule has 114 valence electrons. The van der Waals surface area contributed by atoms with E-state index in [-0.39, 0.29) is 5.97 Å². The summed E-state index contributed by atoms with van der Waals surface area (Å²) in [4.78, 5) is 12.1. The van der Waals surface area contributed by atoms with Gasteiger partial charge in [0.15, 0.2) is 6.10 Å². The number of unbranched alkanes of at least 4 members (excludes halogenated alkanes) is 2. The van der Waals surface area contributed by atoms with Crippen molar-refractivity contribution in [3.63, 3.8) is 0 Å². The van der Waals surface area contributed by atoms with Gasteiger partial charge in [-0.2, -0.15) is 0 Å². The van der Waals surface area contributed by atoms with Crippen LogP contribution in [-0.2, 0) is 9.53 Å². The molecule has 1 rings (SSSR count). The number of carbonyl (C=O) groups is 1. The minimum Gasteiger partial charge on any atom is -0.444 e. The van der Waals surface area contributed by atoms with Gasteiger partial charge in [0.25, 0.3) is 0 Å². The first-order valence-corrected chi connectivity index (χ1v) is 7.67. The molecule has 0 N–H and O–H groups in total. The van der Waals surface area contributed by atoms with Crippen LogP contribution in [0.5, 0.6) is 0 Å². The molecule has 0 saturated carbocycles. The van der Waals surface area contributed by atoms with E-state index in [2.05, 4.69) is 18.8 Å². The highest BCUT2D eigenvalue weighted by atomic mass is 35.5. The van der Waals surface area contributed by atoms with Crippen molar-refractivity contribution in [2.24, 2.45) is 5.41 Å². The molecule has 1 unspecified atom stereocenters. The maximum absolute atomic E-state index is 12.1. The largest absolute Gasteiger partial charge is 0.444 e. The summed E-state index contributed by atoms with van der Waals surface area (Å²) in [7, 11) is 0. The Hall–Kier alpha value is -1.46. The van der Waals surface area contributed by atoms with Crippen LogP contribution < -0.4 is 0 Å². The fraction of sp³-hybridized carbons (Fsp3) is 0.500. The lowest BCUT2D eigenvalue weighted by Gasteiger charge is -2.20. The maximum atomic E-state index is 12.1. The molecule has 2 nitrogen and oxygen atoms in total. The lowest BCUT2D eigenvalue weighted by molar-refractivity contribution is -0.156. The average molecular weight is 307 g/mol. The van der Waals surface area contributed by atoms with Crippen LogP contribution in [0.1, 0.15) is 58.6 Å². The van der Waals surface area contributed by atoms with Crippen molar-refractivity contribution >= 4 is 17.6 Å². The fourth-order valence-electron chi connectivity index (χ4n) is 1.53. The third-order valence-electron chi connectivity index (χ3n) is 2.90. The van der Waals surface area contributed by atoms with E-state index in [1.807, 2.05) is 32.9 Å². The van der Waals surface area contributed by atoms with Crippen LogP contribution >= 0.6 is 11.6 Å². The molecule has 1 aromatic carbocycles. The molecule has 0 fully saturated rings. The second-order valence-electron chi connectivity index (χ2n) is 6.01.